The summed E-state index contributed by atoms with van der Waals surface area (Å²) in [5.41, 5.74) is 0.350. The van der Waals surface area contributed by atoms with E-state index in [4.69, 9.17) is 0 Å². The third kappa shape index (κ3) is 2.16. The van der Waals surface area contributed by atoms with Gasteiger partial charge in [0.1, 0.15) is 6.29 Å². The van der Waals surface area contributed by atoms with Crippen LogP contribution in [0, 0.1) is 0 Å². The molecule has 0 heterocycles. The highest BCUT2D eigenvalue weighted by Gasteiger charge is 2.32. The van der Waals surface area contributed by atoms with Crippen LogP contribution in [0.4, 0.5) is 0 Å². The first-order valence-corrected chi connectivity index (χ1v) is 7.32. The predicted octanol–water partition coefficient (Wildman–Crippen LogP) is 3.08. The molecule has 0 amide bonds. The van der Waals surface area contributed by atoms with Gasteiger partial charge in [-0.15, -0.1) is 0 Å². The zero-order chi connectivity index (χ0) is 8.91. The van der Waals surface area contributed by atoms with Gasteiger partial charge in [-0.05, 0) is 0 Å². The molecule has 0 aromatic carbocycles. The Hall–Kier alpha value is -0.113. The second-order valence-corrected chi connectivity index (χ2v) is 9.10. The molecule has 0 N–H and O–H groups in total. The second-order valence-electron chi connectivity index (χ2n) is 3.35. The highest BCUT2D eigenvalue weighted by molar-refractivity contribution is 6.83. The molecule has 1 atom stereocenters. The summed E-state index contributed by atoms with van der Waals surface area (Å²) in [4.78, 5) is 10.7. The Morgan fingerprint density at radius 2 is 1.55 bits per heavy atom. The lowest BCUT2D eigenvalue weighted by atomic mass is 10.5. The highest BCUT2D eigenvalue weighted by Crippen LogP contribution is 2.31. The molecule has 0 aliphatic rings. The van der Waals surface area contributed by atoms with E-state index in [1.807, 2.05) is 0 Å². The zero-order valence-electron chi connectivity index (χ0n) is 8.18. The summed E-state index contributed by atoms with van der Waals surface area (Å²) >= 11 is 0. The van der Waals surface area contributed by atoms with Crippen LogP contribution in [-0.4, -0.2) is 14.4 Å². The summed E-state index contributed by atoms with van der Waals surface area (Å²) in [5, 5.41) is 0. The predicted molar refractivity (Wildman–Crippen MR) is 52.7 cm³/mol. The van der Waals surface area contributed by atoms with E-state index in [1.165, 1.54) is 18.1 Å². The SMILES string of the molecule is CC[Si](CC)(CC)[C@@H](C)C=O. The number of carbonyl (C=O) groups is 1. The minimum atomic E-state index is -1.19. The van der Waals surface area contributed by atoms with Crippen LogP contribution in [0.3, 0.4) is 0 Å². The summed E-state index contributed by atoms with van der Waals surface area (Å²) < 4.78 is 0. The van der Waals surface area contributed by atoms with Crippen LogP contribution in [0.5, 0.6) is 0 Å². The van der Waals surface area contributed by atoms with Crippen molar-refractivity contribution in [1.29, 1.82) is 0 Å². The number of hydrogen-bond acceptors (Lipinski definition) is 1. The molecule has 0 spiro atoms. The summed E-state index contributed by atoms with van der Waals surface area (Å²) in [6.45, 7) is 8.80. The third-order valence-electron chi connectivity index (χ3n) is 3.28. The largest absolute Gasteiger partial charge is 0.303 e. The van der Waals surface area contributed by atoms with E-state index in [0.717, 1.165) is 6.29 Å². The Morgan fingerprint density at radius 1 is 1.18 bits per heavy atom. The van der Waals surface area contributed by atoms with Gasteiger partial charge in [0.25, 0.3) is 0 Å². The topological polar surface area (TPSA) is 17.1 Å². The molecule has 2 heteroatoms. The number of hydrogen-bond donors (Lipinski definition) is 0. The maximum atomic E-state index is 10.7. The molecule has 11 heavy (non-hydrogen) atoms. The number of rotatable bonds is 5. The van der Waals surface area contributed by atoms with Gasteiger partial charge in [0.05, 0.1) is 8.07 Å². The van der Waals surface area contributed by atoms with Crippen molar-refractivity contribution < 1.29 is 4.79 Å². The van der Waals surface area contributed by atoms with Gasteiger partial charge in [-0.2, -0.15) is 0 Å². The van der Waals surface area contributed by atoms with Crippen molar-refractivity contribution in [3.63, 3.8) is 0 Å². The first-order valence-electron chi connectivity index (χ1n) is 4.62. The van der Waals surface area contributed by atoms with E-state index in [-0.39, 0.29) is 0 Å². The van der Waals surface area contributed by atoms with Gasteiger partial charge in [0, 0.05) is 5.54 Å². The first kappa shape index (κ1) is 10.9. The van der Waals surface area contributed by atoms with Crippen molar-refractivity contribution in [2.24, 2.45) is 0 Å². The van der Waals surface area contributed by atoms with Gasteiger partial charge in [-0.3, -0.25) is 0 Å². The molecule has 0 saturated heterocycles. The van der Waals surface area contributed by atoms with Gasteiger partial charge in [0.2, 0.25) is 0 Å². The maximum Gasteiger partial charge on any atom is 0.120 e. The molecular weight excluding hydrogens is 152 g/mol. The van der Waals surface area contributed by atoms with Crippen LogP contribution in [0.25, 0.3) is 0 Å². The van der Waals surface area contributed by atoms with E-state index in [0.29, 0.717) is 5.54 Å². The molecule has 66 valence electrons. The molecule has 0 aliphatic carbocycles. The van der Waals surface area contributed by atoms with Gasteiger partial charge in [0.15, 0.2) is 0 Å². The van der Waals surface area contributed by atoms with Crippen molar-refractivity contribution in [2.75, 3.05) is 0 Å². The van der Waals surface area contributed by atoms with Crippen molar-refractivity contribution >= 4 is 14.4 Å². The molecule has 0 aromatic rings. The average Bonchev–Trinajstić information content (AvgIpc) is 2.08. The fourth-order valence-corrected chi connectivity index (χ4v) is 5.58. The van der Waals surface area contributed by atoms with Gasteiger partial charge >= 0.3 is 0 Å². The van der Waals surface area contributed by atoms with Crippen LogP contribution in [0.1, 0.15) is 27.7 Å². The summed E-state index contributed by atoms with van der Waals surface area (Å²) in [5.74, 6) is 0. The van der Waals surface area contributed by atoms with Crippen LogP contribution >= 0.6 is 0 Å². The first-order chi connectivity index (χ1) is 5.16. The Kier molecular flexibility index (Phi) is 4.65. The molecule has 0 aliphatic heterocycles. The molecule has 0 rings (SSSR count). The fourth-order valence-electron chi connectivity index (χ4n) is 1.86. The van der Waals surface area contributed by atoms with E-state index in [1.54, 1.807) is 0 Å². The van der Waals surface area contributed by atoms with Gasteiger partial charge in [-0.25, -0.2) is 0 Å². The zero-order valence-corrected chi connectivity index (χ0v) is 9.18. The standard InChI is InChI=1S/C9H20OSi/c1-5-11(6-2,7-3)9(4)8-10/h8-9H,5-7H2,1-4H3/t9-/m0/s1. The van der Waals surface area contributed by atoms with Gasteiger partial charge < -0.3 is 4.79 Å². The van der Waals surface area contributed by atoms with E-state index < -0.39 is 8.07 Å². The Morgan fingerprint density at radius 3 is 1.64 bits per heavy atom. The number of carbonyl (C=O) groups excluding carboxylic acids is 1. The minimum absolute atomic E-state index is 0.350. The monoisotopic (exact) mass is 172 g/mol. The highest BCUT2D eigenvalue weighted by atomic mass is 28.3. The Bertz CT molecular complexity index is 110. The second kappa shape index (κ2) is 4.70. The quantitative estimate of drug-likeness (QED) is 0.460. The van der Waals surface area contributed by atoms with Crippen molar-refractivity contribution in [2.45, 2.75) is 51.4 Å². The number of aldehydes is 1. The minimum Gasteiger partial charge on any atom is -0.303 e. The van der Waals surface area contributed by atoms with Crippen LogP contribution in [0.2, 0.25) is 23.7 Å². The van der Waals surface area contributed by atoms with Crippen LogP contribution in [0.15, 0.2) is 0 Å². The molecule has 0 bridgehead atoms. The molecule has 0 saturated carbocycles. The Labute approximate surface area is 71.2 Å². The van der Waals surface area contributed by atoms with E-state index in [2.05, 4.69) is 27.7 Å². The molecular formula is C9H20OSi. The van der Waals surface area contributed by atoms with Crippen molar-refractivity contribution in [1.82, 2.24) is 0 Å². The average molecular weight is 172 g/mol. The molecule has 0 unspecified atom stereocenters. The van der Waals surface area contributed by atoms with Crippen LogP contribution < -0.4 is 0 Å². The van der Waals surface area contributed by atoms with Crippen molar-refractivity contribution in [3.05, 3.63) is 0 Å². The third-order valence-corrected chi connectivity index (χ3v) is 9.58. The lowest BCUT2D eigenvalue weighted by molar-refractivity contribution is -0.107. The lowest BCUT2D eigenvalue weighted by Gasteiger charge is -2.31. The molecule has 0 radical (unpaired) electrons. The lowest BCUT2D eigenvalue weighted by Crippen LogP contribution is -2.36. The summed E-state index contributed by atoms with van der Waals surface area (Å²) in [7, 11) is -1.19. The fraction of sp³-hybridized carbons (Fsp3) is 0.889. The molecule has 0 aromatic heterocycles. The van der Waals surface area contributed by atoms with Crippen LogP contribution in [-0.2, 0) is 4.79 Å². The molecule has 1 nitrogen and oxygen atoms in total. The van der Waals surface area contributed by atoms with Crippen molar-refractivity contribution in [3.8, 4) is 0 Å². The Balaban J connectivity index is 4.38. The summed E-state index contributed by atoms with van der Waals surface area (Å²) in [6.07, 6.45) is 1.16. The molecule has 0 fully saturated rings. The van der Waals surface area contributed by atoms with Gasteiger partial charge in [-0.1, -0.05) is 45.8 Å². The smallest absolute Gasteiger partial charge is 0.120 e. The summed E-state index contributed by atoms with van der Waals surface area (Å²) in [6, 6.07) is 3.75. The van der Waals surface area contributed by atoms with E-state index in [9.17, 15) is 4.79 Å². The maximum absolute atomic E-state index is 10.7. The normalized spacial score (nSPS) is 14.5. The van der Waals surface area contributed by atoms with E-state index >= 15 is 0 Å².